The van der Waals surface area contributed by atoms with Crippen molar-refractivity contribution in [3.8, 4) is 0 Å². The minimum absolute atomic E-state index is 0.0131. The third kappa shape index (κ3) is 24.6. The van der Waals surface area contributed by atoms with Gasteiger partial charge in [0.15, 0.2) is 0 Å². The van der Waals surface area contributed by atoms with Gasteiger partial charge in [-0.2, -0.15) is 18.7 Å². The van der Waals surface area contributed by atoms with E-state index in [-0.39, 0.29) is 30.7 Å². The Labute approximate surface area is 317 Å². The van der Waals surface area contributed by atoms with Crippen LogP contribution in [0.25, 0.3) is 0 Å². The molecule has 2 aromatic rings. The number of hydrogen-bond donors (Lipinski definition) is 6. The van der Waals surface area contributed by atoms with Gasteiger partial charge in [0.1, 0.15) is 11.9 Å². The zero-order valence-electron chi connectivity index (χ0n) is 33.6. The van der Waals surface area contributed by atoms with Crippen LogP contribution in [0.15, 0.2) is 65.5 Å². The van der Waals surface area contributed by atoms with Crippen LogP contribution in [-0.2, 0) is 28.6 Å². The number of carbonyl (C=O) groups is 2. The molecule has 1 atom stereocenters. The van der Waals surface area contributed by atoms with E-state index in [0.29, 0.717) is 18.7 Å². The summed E-state index contributed by atoms with van der Waals surface area (Å²) in [6.45, 7) is 19.6. The predicted octanol–water partition coefficient (Wildman–Crippen LogP) is 8.76. The summed E-state index contributed by atoms with van der Waals surface area (Å²) in [6, 6.07) is 12.6. The third-order valence-electron chi connectivity index (χ3n) is 7.09. The zero-order valence-corrected chi connectivity index (χ0v) is 33.6. The molecule has 6 N–H and O–H groups in total. The largest absolute Gasteiger partial charge is 0.416 e. The number of alkyl halides is 3. The molecule has 2 rings (SSSR count). The highest BCUT2D eigenvalue weighted by atomic mass is 19.4. The SMILES string of the molecule is CC.CC/C=C(\CNCCC)NCC(=O)NC(CN(N=N)C(C)=N)C(=O)NCCCc1ccccc1CCC.CCC.Cc1cccc(C(F)(F)F)c1. The van der Waals surface area contributed by atoms with Crippen LogP contribution >= 0.6 is 0 Å². The summed E-state index contributed by atoms with van der Waals surface area (Å²) in [7, 11) is 0. The van der Waals surface area contributed by atoms with Crippen LogP contribution in [0.5, 0.6) is 0 Å². The molecule has 0 aromatic heterocycles. The number of allylic oxidation sites excluding steroid dienone is 1. The number of amides is 2. The monoisotopic (exact) mass is 749 g/mol. The Hall–Kier alpha value is -4.26. The first-order valence-electron chi connectivity index (χ1n) is 18.9. The Bertz CT molecular complexity index is 1340. The third-order valence-corrected chi connectivity index (χ3v) is 7.09. The first-order chi connectivity index (χ1) is 25.3. The zero-order chi connectivity index (χ0) is 40.7. The summed E-state index contributed by atoms with van der Waals surface area (Å²) in [5, 5.41) is 24.3. The molecule has 0 bridgehead atoms. The van der Waals surface area contributed by atoms with Gasteiger partial charge in [0, 0.05) is 18.8 Å². The maximum absolute atomic E-state index is 13.0. The molecular weight excluding hydrogens is 681 g/mol. The van der Waals surface area contributed by atoms with Crippen LogP contribution in [0, 0.1) is 17.9 Å². The molecule has 0 spiro atoms. The highest BCUT2D eigenvalue weighted by Crippen LogP contribution is 2.29. The van der Waals surface area contributed by atoms with Gasteiger partial charge in [-0.05, 0) is 69.7 Å². The summed E-state index contributed by atoms with van der Waals surface area (Å²) in [4.78, 5) is 25.7. The van der Waals surface area contributed by atoms with Crippen LogP contribution in [0.2, 0.25) is 0 Å². The van der Waals surface area contributed by atoms with Gasteiger partial charge in [-0.15, -0.1) is 0 Å². The summed E-state index contributed by atoms with van der Waals surface area (Å²) >= 11 is 0. The molecule has 0 radical (unpaired) electrons. The Morgan fingerprint density at radius 1 is 0.906 bits per heavy atom. The lowest BCUT2D eigenvalue weighted by molar-refractivity contribution is -0.137. The van der Waals surface area contributed by atoms with E-state index in [1.54, 1.807) is 13.0 Å². The van der Waals surface area contributed by atoms with Gasteiger partial charge < -0.3 is 21.3 Å². The van der Waals surface area contributed by atoms with Crippen molar-refractivity contribution < 1.29 is 22.8 Å². The van der Waals surface area contributed by atoms with Crippen LogP contribution in [-0.4, -0.2) is 61.4 Å². The van der Waals surface area contributed by atoms with Gasteiger partial charge in [0.2, 0.25) is 11.8 Å². The van der Waals surface area contributed by atoms with Crippen molar-refractivity contribution >= 4 is 17.6 Å². The number of halogens is 3. The Balaban J connectivity index is 0. The van der Waals surface area contributed by atoms with Crippen molar-refractivity contribution in [3.63, 3.8) is 0 Å². The van der Waals surface area contributed by atoms with E-state index in [4.69, 9.17) is 10.9 Å². The van der Waals surface area contributed by atoms with Gasteiger partial charge in [-0.3, -0.25) is 15.0 Å². The van der Waals surface area contributed by atoms with Gasteiger partial charge in [0.05, 0.1) is 18.7 Å². The van der Waals surface area contributed by atoms with E-state index in [9.17, 15) is 22.8 Å². The lowest BCUT2D eigenvalue weighted by atomic mass is 9.99. The standard InChI is InChI=1S/C27H46N8O2.C8H7F3.C3H8.C2H6/c1-5-11-22-13-8-9-14-23(22)15-10-17-31-27(37)25(20-35(34-29)21(4)28)33-26(36)19-32-24(12-6-2)18-30-16-7-3;1-6-3-2-4-7(5-6)8(9,10)11;1-3-2;1-2/h8-9,12-14,25,28-30,32H,5-7,10-11,15-20H2,1-4H3,(H,31,37)(H,33,36);2-5H,1H3;3H2,1-2H3;1-2H3/b24-12+,28-21?,34-29?;;;. The van der Waals surface area contributed by atoms with E-state index in [1.807, 2.05) is 32.9 Å². The molecule has 2 aromatic carbocycles. The molecular formula is C40H67F3N8O2. The number of aryl methyl sites for hydroxylation is 3. The van der Waals surface area contributed by atoms with Crippen molar-refractivity contribution in [2.24, 2.45) is 5.22 Å². The Kier molecular flexibility index (Phi) is 30.0. The molecule has 13 heteroatoms. The molecule has 0 heterocycles. The maximum atomic E-state index is 13.0. The quantitative estimate of drug-likeness (QED) is 0.0280. The lowest BCUT2D eigenvalue weighted by Gasteiger charge is -2.24. The summed E-state index contributed by atoms with van der Waals surface area (Å²) < 4.78 is 35.9. The van der Waals surface area contributed by atoms with Crippen molar-refractivity contribution in [2.75, 3.05) is 32.7 Å². The Morgan fingerprint density at radius 3 is 2.02 bits per heavy atom. The van der Waals surface area contributed by atoms with Crippen LogP contribution in [0.1, 0.15) is 110 Å². The number of benzene rings is 2. The maximum Gasteiger partial charge on any atom is 0.416 e. The van der Waals surface area contributed by atoms with Crippen molar-refractivity contribution in [3.05, 3.63) is 82.6 Å². The topological polar surface area (TPSA) is 146 Å². The molecule has 1 unspecified atom stereocenters. The lowest BCUT2D eigenvalue weighted by Crippen LogP contribution is -2.54. The predicted molar refractivity (Wildman–Crippen MR) is 212 cm³/mol. The molecule has 300 valence electrons. The average Bonchev–Trinajstić information content (AvgIpc) is 3.12. The van der Waals surface area contributed by atoms with E-state index >= 15 is 0 Å². The van der Waals surface area contributed by atoms with E-state index in [0.717, 1.165) is 67.9 Å². The van der Waals surface area contributed by atoms with Gasteiger partial charge in [-0.1, -0.05) is 121 Å². The van der Waals surface area contributed by atoms with E-state index in [2.05, 4.69) is 72.4 Å². The van der Waals surface area contributed by atoms with Crippen LogP contribution in [0.3, 0.4) is 0 Å². The summed E-state index contributed by atoms with van der Waals surface area (Å²) in [5.41, 5.74) is 10.9. The van der Waals surface area contributed by atoms with Crippen molar-refractivity contribution in [1.82, 2.24) is 26.3 Å². The number of nitrogens with zero attached hydrogens (tertiary/aromatic N) is 2. The molecule has 0 aliphatic rings. The normalized spacial score (nSPS) is 11.2. The fourth-order valence-electron chi connectivity index (χ4n) is 4.66. The molecule has 53 heavy (non-hydrogen) atoms. The van der Waals surface area contributed by atoms with Crippen LogP contribution in [0.4, 0.5) is 13.2 Å². The number of hydrogen-bond acceptors (Lipinski definition) is 7. The average molecular weight is 749 g/mol. The summed E-state index contributed by atoms with van der Waals surface area (Å²) in [5.74, 6) is -0.694. The van der Waals surface area contributed by atoms with Crippen molar-refractivity contribution in [1.29, 1.82) is 10.9 Å². The van der Waals surface area contributed by atoms with E-state index in [1.165, 1.54) is 30.5 Å². The molecule has 0 fully saturated rings. The van der Waals surface area contributed by atoms with E-state index < -0.39 is 17.8 Å². The van der Waals surface area contributed by atoms with Crippen LogP contribution < -0.4 is 21.3 Å². The summed E-state index contributed by atoms with van der Waals surface area (Å²) in [6.07, 6.45) is 4.65. The molecule has 0 saturated carbocycles. The van der Waals surface area contributed by atoms with Gasteiger partial charge in [0.25, 0.3) is 0 Å². The minimum Gasteiger partial charge on any atom is -0.379 e. The second kappa shape index (κ2) is 31.3. The molecule has 0 aliphatic carbocycles. The first-order valence-corrected chi connectivity index (χ1v) is 18.9. The smallest absolute Gasteiger partial charge is 0.379 e. The molecule has 10 nitrogen and oxygen atoms in total. The van der Waals surface area contributed by atoms with Gasteiger partial charge in [-0.25, -0.2) is 5.01 Å². The minimum atomic E-state index is -4.22. The number of amidine groups is 1. The fraction of sp³-hybridized carbons (Fsp3) is 0.575. The van der Waals surface area contributed by atoms with Gasteiger partial charge >= 0.3 is 6.18 Å². The second-order valence-corrected chi connectivity index (χ2v) is 12.0. The number of carbonyl (C=O) groups excluding carboxylic acids is 2. The highest BCUT2D eigenvalue weighted by molar-refractivity contribution is 5.89. The second-order valence-electron chi connectivity index (χ2n) is 12.0. The highest BCUT2D eigenvalue weighted by Gasteiger charge is 2.30. The number of rotatable bonds is 19. The number of nitrogens with one attached hydrogen (secondary N) is 6. The first kappa shape index (κ1) is 50.8. The molecule has 0 aliphatic heterocycles. The van der Waals surface area contributed by atoms with Crippen molar-refractivity contribution in [2.45, 2.75) is 119 Å². The Morgan fingerprint density at radius 2 is 1.53 bits per heavy atom. The molecule has 2 amide bonds. The fourth-order valence-corrected chi connectivity index (χ4v) is 4.66. The molecule has 0 saturated heterocycles.